The zero-order valence-electron chi connectivity index (χ0n) is 12.9. The largest absolute Gasteiger partial charge is 0.455 e. The standard InChI is InChI=1S/C18H11FN4O2/c1-20-15-4-12(18(24)7-14-3-2-13(19)8-23-14)5-16(6-15)25-17-9-21-11-22-10-17/h2-6,8-11H,7H2. The van der Waals surface area contributed by atoms with Crippen molar-refractivity contribution in [1.29, 1.82) is 0 Å². The van der Waals surface area contributed by atoms with Gasteiger partial charge in [0.2, 0.25) is 0 Å². The van der Waals surface area contributed by atoms with Crippen molar-refractivity contribution in [3.05, 3.63) is 83.7 Å². The van der Waals surface area contributed by atoms with Crippen LogP contribution < -0.4 is 4.74 Å². The average Bonchev–Trinajstić information content (AvgIpc) is 2.64. The normalized spacial score (nSPS) is 10.1. The Morgan fingerprint density at radius 1 is 1.12 bits per heavy atom. The highest BCUT2D eigenvalue weighted by atomic mass is 19.1. The Kier molecular flexibility index (Phi) is 4.72. The lowest BCUT2D eigenvalue weighted by Gasteiger charge is -2.08. The highest BCUT2D eigenvalue weighted by molar-refractivity contribution is 5.98. The summed E-state index contributed by atoms with van der Waals surface area (Å²) >= 11 is 0. The van der Waals surface area contributed by atoms with Crippen LogP contribution in [0.4, 0.5) is 10.1 Å². The van der Waals surface area contributed by atoms with Crippen molar-refractivity contribution in [3.8, 4) is 11.5 Å². The van der Waals surface area contributed by atoms with Crippen molar-refractivity contribution in [2.24, 2.45) is 0 Å². The molecule has 0 aliphatic heterocycles. The van der Waals surface area contributed by atoms with Gasteiger partial charge < -0.3 is 4.74 Å². The third-order valence-electron chi connectivity index (χ3n) is 3.25. The SMILES string of the molecule is [C-]#[N+]c1cc(Oc2cncnc2)cc(C(=O)Cc2ccc(F)cn2)c1. The third-order valence-corrected chi connectivity index (χ3v) is 3.25. The van der Waals surface area contributed by atoms with Gasteiger partial charge in [-0.3, -0.25) is 9.78 Å². The molecule has 7 heteroatoms. The van der Waals surface area contributed by atoms with Crippen LogP contribution in [0.25, 0.3) is 4.85 Å². The lowest BCUT2D eigenvalue weighted by molar-refractivity contribution is 0.0991. The number of pyridine rings is 1. The van der Waals surface area contributed by atoms with Gasteiger partial charge in [-0.2, -0.15) is 0 Å². The lowest BCUT2D eigenvalue weighted by Crippen LogP contribution is -2.05. The first-order valence-electron chi connectivity index (χ1n) is 7.23. The molecule has 0 aliphatic rings. The topological polar surface area (TPSA) is 69.3 Å². The van der Waals surface area contributed by atoms with Crippen LogP contribution >= 0.6 is 0 Å². The number of ketones is 1. The van der Waals surface area contributed by atoms with E-state index in [-0.39, 0.29) is 17.9 Å². The molecule has 0 fully saturated rings. The number of benzene rings is 1. The number of hydrogen-bond donors (Lipinski definition) is 0. The van der Waals surface area contributed by atoms with Gasteiger partial charge in [-0.05, 0) is 30.3 Å². The van der Waals surface area contributed by atoms with E-state index in [1.807, 2.05) is 0 Å². The molecule has 0 radical (unpaired) electrons. The summed E-state index contributed by atoms with van der Waals surface area (Å²) in [4.78, 5) is 27.4. The molecule has 122 valence electrons. The van der Waals surface area contributed by atoms with Crippen LogP contribution in [-0.2, 0) is 6.42 Å². The van der Waals surface area contributed by atoms with E-state index in [0.29, 0.717) is 22.8 Å². The van der Waals surface area contributed by atoms with Crippen LogP contribution in [0.2, 0.25) is 0 Å². The molecule has 0 spiro atoms. The van der Waals surface area contributed by atoms with Crippen molar-refractivity contribution in [1.82, 2.24) is 15.0 Å². The smallest absolute Gasteiger partial charge is 0.191 e. The molecule has 0 bridgehead atoms. The molecule has 25 heavy (non-hydrogen) atoms. The van der Waals surface area contributed by atoms with Gasteiger partial charge in [0.25, 0.3) is 0 Å². The van der Waals surface area contributed by atoms with E-state index in [2.05, 4.69) is 19.8 Å². The van der Waals surface area contributed by atoms with Crippen molar-refractivity contribution in [2.45, 2.75) is 6.42 Å². The molecule has 0 amide bonds. The van der Waals surface area contributed by atoms with Gasteiger partial charge in [0, 0.05) is 11.3 Å². The van der Waals surface area contributed by atoms with Gasteiger partial charge in [0.05, 0.1) is 31.6 Å². The second kappa shape index (κ2) is 7.27. The van der Waals surface area contributed by atoms with E-state index in [1.54, 1.807) is 0 Å². The summed E-state index contributed by atoms with van der Waals surface area (Å²) in [6.45, 7) is 7.18. The van der Waals surface area contributed by atoms with Crippen molar-refractivity contribution >= 4 is 11.5 Å². The van der Waals surface area contributed by atoms with Gasteiger partial charge in [-0.1, -0.05) is 0 Å². The van der Waals surface area contributed by atoms with Crippen LogP contribution in [0.15, 0.2) is 55.2 Å². The summed E-state index contributed by atoms with van der Waals surface area (Å²) in [5, 5.41) is 0. The number of halogens is 1. The van der Waals surface area contributed by atoms with Crippen LogP contribution in [-0.4, -0.2) is 20.7 Å². The van der Waals surface area contributed by atoms with Crippen LogP contribution in [0, 0.1) is 12.4 Å². The molecule has 3 rings (SSSR count). The first kappa shape index (κ1) is 16.2. The number of hydrogen-bond acceptors (Lipinski definition) is 5. The molecule has 0 saturated carbocycles. The maximum atomic E-state index is 12.9. The molecular formula is C18H11FN4O2. The lowest BCUT2D eigenvalue weighted by atomic mass is 10.1. The summed E-state index contributed by atoms with van der Waals surface area (Å²) in [6.07, 6.45) is 5.37. The van der Waals surface area contributed by atoms with Crippen LogP contribution in [0.5, 0.6) is 11.5 Å². The predicted octanol–water partition coefficient (Wildman–Crippen LogP) is 3.78. The minimum absolute atomic E-state index is 0.00434. The first-order chi connectivity index (χ1) is 12.1. The summed E-state index contributed by atoms with van der Waals surface area (Å²) in [5.41, 5.74) is 1.02. The Morgan fingerprint density at radius 2 is 1.92 bits per heavy atom. The summed E-state index contributed by atoms with van der Waals surface area (Å²) in [5.74, 6) is 0.00712. The number of nitrogens with zero attached hydrogens (tertiary/aromatic N) is 4. The van der Waals surface area contributed by atoms with E-state index in [0.717, 1.165) is 6.20 Å². The predicted molar refractivity (Wildman–Crippen MR) is 87.0 cm³/mol. The van der Waals surface area contributed by atoms with E-state index in [1.165, 1.54) is 49.1 Å². The number of Topliss-reactive ketones (excluding diaryl/α,β-unsaturated/α-hetero) is 1. The molecule has 0 N–H and O–H groups in total. The Bertz CT molecular complexity index is 938. The fourth-order valence-corrected chi connectivity index (χ4v) is 2.12. The van der Waals surface area contributed by atoms with Crippen molar-refractivity contribution < 1.29 is 13.9 Å². The quantitative estimate of drug-likeness (QED) is 0.524. The molecule has 2 aromatic heterocycles. The Morgan fingerprint density at radius 3 is 2.60 bits per heavy atom. The Balaban J connectivity index is 1.85. The third kappa shape index (κ3) is 4.20. The minimum atomic E-state index is -0.466. The minimum Gasteiger partial charge on any atom is -0.455 e. The average molecular weight is 334 g/mol. The molecule has 0 saturated heterocycles. The molecule has 2 heterocycles. The molecule has 0 aliphatic carbocycles. The maximum Gasteiger partial charge on any atom is 0.191 e. The van der Waals surface area contributed by atoms with Gasteiger partial charge in [0.1, 0.15) is 17.9 Å². The van der Waals surface area contributed by atoms with Crippen LogP contribution in [0.3, 0.4) is 0 Å². The number of rotatable bonds is 5. The molecular weight excluding hydrogens is 323 g/mol. The Labute approximate surface area is 142 Å². The van der Waals surface area contributed by atoms with Crippen LogP contribution in [0.1, 0.15) is 16.1 Å². The fourth-order valence-electron chi connectivity index (χ4n) is 2.12. The maximum absolute atomic E-state index is 12.9. The number of aromatic nitrogens is 3. The van der Waals surface area contributed by atoms with E-state index < -0.39 is 5.82 Å². The van der Waals surface area contributed by atoms with Gasteiger partial charge in [-0.25, -0.2) is 19.2 Å². The molecule has 1 aromatic carbocycles. The first-order valence-corrected chi connectivity index (χ1v) is 7.23. The second-order valence-corrected chi connectivity index (χ2v) is 5.07. The summed E-state index contributed by atoms with van der Waals surface area (Å²) < 4.78 is 18.5. The molecule has 6 nitrogen and oxygen atoms in total. The highest BCUT2D eigenvalue weighted by Crippen LogP contribution is 2.27. The second-order valence-electron chi connectivity index (χ2n) is 5.07. The number of carbonyl (C=O) groups is 1. The van der Waals surface area contributed by atoms with Crippen molar-refractivity contribution in [2.75, 3.05) is 0 Å². The summed E-state index contributed by atoms with van der Waals surface area (Å²) in [6, 6.07) is 7.23. The Hall–Kier alpha value is -3.66. The fraction of sp³-hybridized carbons (Fsp3) is 0.0556. The number of carbonyl (C=O) groups excluding carboxylic acids is 1. The van der Waals surface area contributed by atoms with Gasteiger partial charge >= 0.3 is 0 Å². The van der Waals surface area contributed by atoms with Gasteiger partial charge in [-0.15, -0.1) is 0 Å². The van der Waals surface area contributed by atoms with E-state index in [4.69, 9.17) is 11.3 Å². The number of ether oxygens (including phenoxy) is 1. The van der Waals surface area contributed by atoms with E-state index >= 15 is 0 Å². The zero-order chi connectivity index (χ0) is 17.6. The molecule has 3 aromatic rings. The monoisotopic (exact) mass is 334 g/mol. The zero-order valence-corrected chi connectivity index (χ0v) is 12.9. The van der Waals surface area contributed by atoms with E-state index in [9.17, 15) is 9.18 Å². The molecule has 0 unspecified atom stereocenters. The van der Waals surface area contributed by atoms with Crippen molar-refractivity contribution in [3.63, 3.8) is 0 Å². The molecule has 0 atom stereocenters. The van der Waals surface area contributed by atoms with Gasteiger partial charge in [0.15, 0.2) is 17.2 Å². The highest BCUT2D eigenvalue weighted by Gasteiger charge is 2.12. The summed E-state index contributed by atoms with van der Waals surface area (Å²) in [7, 11) is 0.